The van der Waals surface area contributed by atoms with E-state index in [1.54, 1.807) is 0 Å². The molecule has 1 aromatic rings. The van der Waals surface area contributed by atoms with Crippen molar-refractivity contribution in [3.8, 4) is 0 Å². The molecule has 0 fully saturated rings. The van der Waals surface area contributed by atoms with E-state index in [1.807, 2.05) is 0 Å². The van der Waals surface area contributed by atoms with E-state index in [-0.39, 0.29) is 5.69 Å². The Morgan fingerprint density at radius 1 is 1.56 bits per heavy atom. The second-order valence-electron chi connectivity index (χ2n) is 2.98. The van der Waals surface area contributed by atoms with Crippen LogP contribution >= 0.6 is 0 Å². The van der Waals surface area contributed by atoms with Crippen LogP contribution in [0.5, 0.6) is 0 Å². The molecule has 1 amide bonds. The summed E-state index contributed by atoms with van der Waals surface area (Å²) in [5.74, 6) is -1.64. The number of aromatic nitrogens is 1. The minimum Gasteiger partial charge on any atom is -0.367 e. The summed E-state index contributed by atoms with van der Waals surface area (Å²) in [4.78, 5) is 14.5. The molecular formula is C8H9FN2O4S. The summed E-state index contributed by atoms with van der Waals surface area (Å²) in [6, 6.07) is 2.14. The third-order valence-electron chi connectivity index (χ3n) is 1.55. The van der Waals surface area contributed by atoms with Gasteiger partial charge in [0.25, 0.3) is 16.0 Å². The molecule has 1 unspecified atom stereocenters. The first-order chi connectivity index (χ1) is 7.29. The maximum absolute atomic E-state index is 12.6. The van der Waals surface area contributed by atoms with Crippen LogP contribution in [0.1, 0.15) is 11.8 Å². The number of amides is 1. The molecule has 0 aliphatic carbocycles. The average Bonchev–Trinajstić information content (AvgIpc) is 2.14. The molecule has 2 N–H and O–H groups in total. The largest absolute Gasteiger partial charge is 0.367 e. The van der Waals surface area contributed by atoms with E-state index < -0.39 is 27.9 Å². The Morgan fingerprint density at radius 2 is 2.19 bits per heavy atom. The van der Waals surface area contributed by atoms with Gasteiger partial charge < -0.3 is 5.73 Å². The molecule has 0 radical (unpaired) electrons. The molecule has 1 aromatic heterocycles. The van der Waals surface area contributed by atoms with Crippen LogP contribution in [-0.4, -0.2) is 25.6 Å². The molecule has 1 heterocycles. The minimum absolute atomic E-state index is 0.0701. The Bertz CT molecular complexity index is 485. The summed E-state index contributed by atoms with van der Waals surface area (Å²) in [5, 5.41) is 0. The van der Waals surface area contributed by atoms with Gasteiger partial charge in [0.15, 0.2) is 6.10 Å². The van der Waals surface area contributed by atoms with E-state index in [9.17, 15) is 17.6 Å². The highest BCUT2D eigenvalue weighted by molar-refractivity contribution is 7.86. The second kappa shape index (κ2) is 4.54. The zero-order valence-electron chi connectivity index (χ0n) is 8.25. The second-order valence-corrected chi connectivity index (χ2v) is 4.58. The van der Waals surface area contributed by atoms with Crippen molar-refractivity contribution in [2.24, 2.45) is 5.73 Å². The van der Waals surface area contributed by atoms with E-state index >= 15 is 0 Å². The number of carbonyl (C=O) groups is 1. The number of nitrogens with two attached hydrogens (primary N) is 1. The van der Waals surface area contributed by atoms with E-state index in [4.69, 9.17) is 5.73 Å². The first-order valence-electron chi connectivity index (χ1n) is 4.08. The van der Waals surface area contributed by atoms with Gasteiger partial charge in [-0.3, -0.25) is 14.0 Å². The fraction of sp³-hybridized carbons (Fsp3) is 0.250. The number of pyridine rings is 1. The Balaban J connectivity index is 3.03. The van der Waals surface area contributed by atoms with Gasteiger partial charge in [0.2, 0.25) is 0 Å². The predicted molar refractivity (Wildman–Crippen MR) is 52.1 cm³/mol. The van der Waals surface area contributed by atoms with Crippen LogP contribution in [0.2, 0.25) is 0 Å². The molecule has 0 aliphatic heterocycles. The number of rotatable bonds is 4. The van der Waals surface area contributed by atoms with Crippen molar-refractivity contribution in [1.29, 1.82) is 0 Å². The van der Waals surface area contributed by atoms with Crippen molar-refractivity contribution in [3.63, 3.8) is 0 Å². The predicted octanol–water partition coefficient (Wildman–Crippen LogP) is -0.277. The Morgan fingerprint density at radius 3 is 2.56 bits per heavy atom. The Labute approximate surface area is 91.4 Å². The average molecular weight is 248 g/mol. The van der Waals surface area contributed by atoms with Gasteiger partial charge in [-0.1, -0.05) is 0 Å². The lowest BCUT2D eigenvalue weighted by atomic mass is 10.2. The van der Waals surface area contributed by atoms with Gasteiger partial charge >= 0.3 is 0 Å². The van der Waals surface area contributed by atoms with Crippen molar-refractivity contribution in [2.45, 2.75) is 6.10 Å². The number of carbonyl (C=O) groups excluding carboxylic acids is 1. The van der Waals surface area contributed by atoms with Crippen LogP contribution in [-0.2, 0) is 19.1 Å². The smallest absolute Gasteiger partial charge is 0.265 e. The lowest BCUT2D eigenvalue weighted by molar-refractivity contribution is -0.124. The maximum Gasteiger partial charge on any atom is 0.265 e. The van der Waals surface area contributed by atoms with Crippen molar-refractivity contribution in [2.75, 3.05) is 6.26 Å². The monoisotopic (exact) mass is 248 g/mol. The third kappa shape index (κ3) is 3.55. The van der Waals surface area contributed by atoms with Crippen molar-refractivity contribution < 1.29 is 21.8 Å². The zero-order valence-corrected chi connectivity index (χ0v) is 9.07. The first-order valence-corrected chi connectivity index (χ1v) is 5.90. The molecular weight excluding hydrogens is 239 g/mol. The molecule has 16 heavy (non-hydrogen) atoms. The molecule has 0 aliphatic rings. The topological polar surface area (TPSA) is 99.4 Å². The molecule has 88 valence electrons. The lowest BCUT2D eigenvalue weighted by Crippen LogP contribution is -2.26. The number of nitrogens with zero attached hydrogens (tertiary/aromatic N) is 1. The van der Waals surface area contributed by atoms with Gasteiger partial charge in [0.1, 0.15) is 5.82 Å². The van der Waals surface area contributed by atoms with E-state index in [1.165, 1.54) is 0 Å². The Hall–Kier alpha value is -1.54. The maximum atomic E-state index is 12.6. The van der Waals surface area contributed by atoms with Gasteiger partial charge in [0.05, 0.1) is 18.1 Å². The Kier molecular flexibility index (Phi) is 3.55. The summed E-state index contributed by atoms with van der Waals surface area (Å²) in [6.45, 7) is 0. The van der Waals surface area contributed by atoms with Gasteiger partial charge in [-0.05, 0) is 12.1 Å². The molecule has 0 aromatic carbocycles. The quantitative estimate of drug-likeness (QED) is 0.739. The van der Waals surface area contributed by atoms with Crippen molar-refractivity contribution in [1.82, 2.24) is 4.98 Å². The van der Waals surface area contributed by atoms with Crippen molar-refractivity contribution >= 4 is 16.0 Å². The molecule has 8 heteroatoms. The first kappa shape index (κ1) is 12.5. The summed E-state index contributed by atoms with van der Waals surface area (Å²) in [5.41, 5.74) is 4.88. The van der Waals surface area contributed by atoms with Crippen LogP contribution in [0.25, 0.3) is 0 Å². The van der Waals surface area contributed by atoms with Gasteiger partial charge in [-0.2, -0.15) is 8.42 Å². The summed E-state index contributed by atoms with van der Waals surface area (Å²) >= 11 is 0. The minimum atomic E-state index is -3.86. The van der Waals surface area contributed by atoms with E-state index in [0.29, 0.717) is 0 Å². The highest BCUT2D eigenvalue weighted by Gasteiger charge is 2.24. The molecule has 6 nitrogen and oxygen atoms in total. The SMILES string of the molecule is CS(=O)(=O)OC(C(N)=O)c1ccc(F)cn1. The molecule has 1 rings (SSSR count). The normalized spacial score (nSPS) is 13.4. The highest BCUT2D eigenvalue weighted by atomic mass is 32.2. The molecule has 0 bridgehead atoms. The zero-order chi connectivity index (χ0) is 12.3. The lowest BCUT2D eigenvalue weighted by Gasteiger charge is -2.11. The van der Waals surface area contributed by atoms with Gasteiger partial charge in [0, 0.05) is 0 Å². The fourth-order valence-corrected chi connectivity index (χ4v) is 1.50. The molecule has 0 saturated carbocycles. The summed E-state index contributed by atoms with van der Waals surface area (Å²) in [7, 11) is -3.86. The summed E-state index contributed by atoms with van der Waals surface area (Å²) in [6.07, 6.45) is 0.0548. The standard InChI is InChI=1S/C8H9FN2O4S/c1-16(13,14)15-7(8(10)12)6-3-2-5(9)4-11-6/h2-4,7H,1H3,(H2,10,12). The van der Waals surface area contributed by atoms with Crippen LogP contribution in [0, 0.1) is 5.82 Å². The van der Waals surface area contributed by atoms with Gasteiger partial charge in [-0.25, -0.2) is 4.39 Å². The van der Waals surface area contributed by atoms with Crippen LogP contribution in [0.15, 0.2) is 18.3 Å². The summed E-state index contributed by atoms with van der Waals surface area (Å²) < 4.78 is 38.7. The number of hydrogen-bond donors (Lipinski definition) is 1. The van der Waals surface area contributed by atoms with Crippen LogP contribution in [0.3, 0.4) is 0 Å². The fourth-order valence-electron chi connectivity index (χ4n) is 0.960. The van der Waals surface area contributed by atoms with Crippen molar-refractivity contribution in [3.05, 3.63) is 29.8 Å². The highest BCUT2D eigenvalue weighted by Crippen LogP contribution is 2.16. The molecule has 0 spiro atoms. The number of primary amides is 1. The van der Waals surface area contributed by atoms with E-state index in [0.717, 1.165) is 24.6 Å². The molecule has 0 saturated heterocycles. The van der Waals surface area contributed by atoms with Gasteiger partial charge in [-0.15, -0.1) is 0 Å². The number of halogens is 1. The van der Waals surface area contributed by atoms with E-state index in [2.05, 4.69) is 9.17 Å². The van der Waals surface area contributed by atoms with Crippen LogP contribution in [0.4, 0.5) is 4.39 Å². The third-order valence-corrected chi connectivity index (χ3v) is 2.09. The van der Waals surface area contributed by atoms with Crippen LogP contribution < -0.4 is 5.73 Å². The number of hydrogen-bond acceptors (Lipinski definition) is 5. The molecule has 1 atom stereocenters.